The van der Waals surface area contributed by atoms with Gasteiger partial charge in [-0.1, -0.05) is 0 Å². The fourth-order valence-corrected chi connectivity index (χ4v) is 2.29. The van der Waals surface area contributed by atoms with Gasteiger partial charge in [0, 0.05) is 43.1 Å². The molecule has 0 saturated carbocycles. The summed E-state index contributed by atoms with van der Waals surface area (Å²) in [6, 6.07) is 5.73. The van der Waals surface area contributed by atoms with Crippen LogP contribution in [0.3, 0.4) is 0 Å². The third-order valence-corrected chi connectivity index (χ3v) is 3.18. The second-order valence-electron chi connectivity index (χ2n) is 5.59. The van der Waals surface area contributed by atoms with Gasteiger partial charge in [0.2, 0.25) is 0 Å². The number of benzene rings is 1. The molecule has 2 rings (SSSR count). The Morgan fingerprint density at radius 3 is 2.95 bits per heavy atom. The summed E-state index contributed by atoms with van der Waals surface area (Å²) in [7, 11) is 2.12. The van der Waals surface area contributed by atoms with Gasteiger partial charge in [-0.3, -0.25) is 0 Å². The van der Waals surface area contributed by atoms with Crippen molar-refractivity contribution in [3.63, 3.8) is 0 Å². The molecule has 5 heteroatoms. The van der Waals surface area contributed by atoms with E-state index in [1.54, 1.807) is 0 Å². The van der Waals surface area contributed by atoms with Crippen molar-refractivity contribution < 1.29 is 9.47 Å². The molecule has 0 amide bonds. The van der Waals surface area contributed by atoms with Gasteiger partial charge in [0.25, 0.3) is 0 Å². The second kappa shape index (κ2) is 6.81. The van der Waals surface area contributed by atoms with Gasteiger partial charge in [0.05, 0.1) is 18.8 Å². The van der Waals surface area contributed by atoms with Crippen molar-refractivity contribution in [3.05, 3.63) is 18.2 Å². The predicted octanol–water partition coefficient (Wildman–Crippen LogP) is 1.80. The summed E-state index contributed by atoms with van der Waals surface area (Å²) in [5.41, 5.74) is 7.58. The Morgan fingerprint density at radius 2 is 2.25 bits per heavy atom. The number of anilines is 2. The van der Waals surface area contributed by atoms with Crippen LogP contribution in [0, 0.1) is 0 Å². The van der Waals surface area contributed by atoms with Crippen molar-refractivity contribution in [3.8, 4) is 5.75 Å². The number of nitrogen functional groups attached to an aromatic ring is 1. The van der Waals surface area contributed by atoms with Crippen LogP contribution in [0.25, 0.3) is 0 Å². The van der Waals surface area contributed by atoms with Crippen molar-refractivity contribution in [2.75, 3.05) is 44.3 Å². The molecule has 1 aliphatic heterocycles. The second-order valence-corrected chi connectivity index (χ2v) is 5.59. The largest absolute Gasteiger partial charge is 0.491 e. The van der Waals surface area contributed by atoms with Gasteiger partial charge in [0.1, 0.15) is 5.75 Å². The van der Waals surface area contributed by atoms with Crippen LogP contribution in [0.15, 0.2) is 18.2 Å². The normalized spacial score (nSPS) is 20.1. The van der Waals surface area contributed by atoms with Crippen LogP contribution in [0.1, 0.15) is 13.8 Å². The van der Waals surface area contributed by atoms with E-state index in [0.29, 0.717) is 5.69 Å². The molecule has 1 aromatic rings. The molecule has 0 bridgehead atoms. The number of ether oxygens (including phenoxy) is 2. The lowest BCUT2D eigenvalue weighted by Crippen LogP contribution is -2.43. The SMILES string of the molecule is CC(C)Oc1cc(N)cc(NCC2CN(C)CCO2)c1. The zero-order valence-corrected chi connectivity index (χ0v) is 12.6. The molecule has 1 aliphatic rings. The minimum absolute atomic E-state index is 0.139. The van der Waals surface area contributed by atoms with Gasteiger partial charge in [-0.2, -0.15) is 0 Å². The monoisotopic (exact) mass is 279 g/mol. The summed E-state index contributed by atoms with van der Waals surface area (Å²) in [5.74, 6) is 0.796. The average molecular weight is 279 g/mol. The van der Waals surface area contributed by atoms with Crippen LogP contribution in [0.4, 0.5) is 11.4 Å². The summed E-state index contributed by atoms with van der Waals surface area (Å²) in [4.78, 5) is 2.28. The number of nitrogens with one attached hydrogen (secondary N) is 1. The average Bonchev–Trinajstić information content (AvgIpc) is 2.35. The maximum atomic E-state index is 5.91. The molecule has 0 radical (unpaired) electrons. The number of nitrogens with zero attached hydrogens (tertiary/aromatic N) is 1. The first-order valence-corrected chi connectivity index (χ1v) is 7.14. The minimum Gasteiger partial charge on any atom is -0.491 e. The van der Waals surface area contributed by atoms with Crippen LogP contribution < -0.4 is 15.8 Å². The van der Waals surface area contributed by atoms with E-state index in [-0.39, 0.29) is 12.2 Å². The first kappa shape index (κ1) is 14.9. The molecular formula is C15H25N3O2. The van der Waals surface area contributed by atoms with E-state index in [4.69, 9.17) is 15.2 Å². The lowest BCUT2D eigenvalue weighted by atomic mass is 10.2. The molecule has 112 valence electrons. The Hall–Kier alpha value is -1.46. The topological polar surface area (TPSA) is 59.8 Å². The lowest BCUT2D eigenvalue weighted by Gasteiger charge is -2.30. The highest BCUT2D eigenvalue weighted by atomic mass is 16.5. The summed E-state index contributed by atoms with van der Waals surface area (Å²) in [5, 5.41) is 3.38. The number of rotatable bonds is 5. The highest BCUT2D eigenvalue weighted by molar-refractivity contribution is 5.59. The minimum atomic E-state index is 0.139. The van der Waals surface area contributed by atoms with Crippen molar-refractivity contribution in [2.24, 2.45) is 0 Å². The maximum absolute atomic E-state index is 5.91. The zero-order chi connectivity index (χ0) is 14.5. The quantitative estimate of drug-likeness (QED) is 0.805. The smallest absolute Gasteiger partial charge is 0.123 e. The van der Waals surface area contributed by atoms with Gasteiger partial charge >= 0.3 is 0 Å². The molecule has 1 fully saturated rings. The molecule has 5 nitrogen and oxygen atoms in total. The van der Waals surface area contributed by atoms with Crippen LogP contribution in [-0.4, -0.2) is 50.4 Å². The molecule has 1 saturated heterocycles. The number of nitrogens with two attached hydrogens (primary N) is 1. The Balaban J connectivity index is 1.93. The lowest BCUT2D eigenvalue weighted by molar-refractivity contribution is -0.0117. The Morgan fingerprint density at radius 1 is 1.45 bits per heavy atom. The number of hydrogen-bond acceptors (Lipinski definition) is 5. The zero-order valence-electron chi connectivity index (χ0n) is 12.6. The molecule has 1 aromatic carbocycles. The fraction of sp³-hybridized carbons (Fsp3) is 0.600. The van der Waals surface area contributed by atoms with Gasteiger partial charge < -0.3 is 25.4 Å². The molecule has 0 spiro atoms. The van der Waals surface area contributed by atoms with E-state index in [2.05, 4.69) is 17.3 Å². The van der Waals surface area contributed by atoms with E-state index in [9.17, 15) is 0 Å². The van der Waals surface area contributed by atoms with Crippen molar-refractivity contribution in [1.29, 1.82) is 0 Å². The molecule has 3 N–H and O–H groups in total. The predicted molar refractivity (Wildman–Crippen MR) is 82.3 cm³/mol. The third kappa shape index (κ3) is 4.58. The molecule has 0 aromatic heterocycles. The van der Waals surface area contributed by atoms with E-state index < -0.39 is 0 Å². The highest BCUT2D eigenvalue weighted by Gasteiger charge is 2.17. The first-order valence-electron chi connectivity index (χ1n) is 7.14. The van der Waals surface area contributed by atoms with Crippen molar-refractivity contribution in [1.82, 2.24) is 4.90 Å². The van der Waals surface area contributed by atoms with E-state index in [1.807, 2.05) is 32.0 Å². The van der Waals surface area contributed by atoms with Gasteiger partial charge in [0.15, 0.2) is 0 Å². The summed E-state index contributed by atoms with van der Waals surface area (Å²) >= 11 is 0. The molecule has 1 atom stereocenters. The number of morpholine rings is 1. The van der Waals surface area contributed by atoms with Gasteiger partial charge in [-0.05, 0) is 27.0 Å². The Bertz CT molecular complexity index is 437. The number of likely N-dealkylation sites (N-methyl/N-ethyl adjacent to an activating group) is 1. The van der Waals surface area contributed by atoms with Crippen molar-refractivity contribution in [2.45, 2.75) is 26.1 Å². The molecule has 0 aliphatic carbocycles. The van der Waals surface area contributed by atoms with Crippen LogP contribution in [0.5, 0.6) is 5.75 Å². The van der Waals surface area contributed by atoms with Crippen molar-refractivity contribution >= 4 is 11.4 Å². The molecule has 1 heterocycles. The van der Waals surface area contributed by atoms with E-state index in [1.165, 1.54) is 0 Å². The Kier molecular flexibility index (Phi) is 5.09. The van der Waals surface area contributed by atoms with Crippen LogP contribution in [0.2, 0.25) is 0 Å². The first-order chi connectivity index (χ1) is 9.52. The summed E-state index contributed by atoms with van der Waals surface area (Å²) in [6.45, 7) is 7.52. The van der Waals surface area contributed by atoms with Gasteiger partial charge in [-0.15, -0.1) is 0 Å². The Labute approximate surface area is 121 Å². The van der Waals surface area contributed by atoms with E-state index >= 15 is 0 Å². The molecule has 1 unspecified atom stereocenters. The fourth-order valence-electron chi connectivity index (χ4n) is 2.29. The van der Waals surface area contributed by atoms with E-state index in [0.717, 1.165) is 37.7 Å². The molecule has 20 heavy (non-hydrogen) atoms. The number of hydrogen-bond donors (Lipinski definition) is 2. The standard InChI is InChI=1S/C15H25N3O2/c1-11(2)20-14-7-12(16)6-13(8-14)17-9-15-10-18(3)4-5-19-15/h6-8,11,15,17H,4-5,9-10,16H2,1-3H3. The van der Waals surface area contributed by atoms with Gasteiger partial charge in [-0.25, -0.2) is 0 Å². The maximum Gasteiger partial charge on any atom is 0.123 e. The van der Waals surface area contributed by atoms with Crippen LogP contribution >= 0.6 is 0 Å². The molecular weight excluding hydrogens is 254 g/mol. The summed E-state index contributed by atoms with van der Waals surface area (Å²) in [6.07, 6.45) is 0.352. The van der Waals surface area contributed by atoms with Crippen LogP contribution in [-0.2, 0) is 4.74 Å². The third-order valence-electron chi connectivity index (χ3n) is 3.18. The summed E-state index contributed by atoms with van der Waals surface area (Å²) < 4.78 is 11.4. The highest BCUT2D eigenvalue weighted by Crippen LogP contribution is 2.23.